The van der Waals surface area contributed by atoms with Crippen LogP contribution in [0.15, 0.2) is 6.07 Å². The van der Waals surface area contributed by atoms with E-state index in [0.717, 1.165) is 38.1 Å². The van der Waals surface area contributed by atoms with Crippen molar-refractivity contribution in [2.45, 2.75) is 39.2 Å². The van der Waals surface area contributed by atoms with E-state index < -0.39 is 0 Å². The van der Waals surface area contributed by atoms with Crippen molar-refractivity contribution in [1.29, 1.82) is 0 Å². The summed E-state index contributed by atoms with van der Waals surface area (Å²) in [5.41, 5.74) is 1.18. The molecule has 1 atom stereocenters. The molecule has 0 spiro atoms. The molecule has 0 aromatic carbocycles. The Labute approximate surface area is 119 Å². The standard InChI is InChI=1S/C14H22N4O2/c1-3-6-15-14-17-10(2)8-12(18-14)13(19)16-9-11-5-4-7-20-11/h8,11H,3-7,9H2,1-2H3,(H,16,19)(H,15,17,18). The fourth-order valence-electron chi connectivity index (χ4n) is 2.10. The number of hydrogen-bond acceptors (Lipinski definition) is 5. The van der Waals surface area contributed by atoms with Crippen LogP contribution in [0.25, 0.3) is 0 Å². The molecule has 1 amide bonds. The Balaban J connectivity index is 1.95. The molecule has 6 heteroatoms. The number of carbonyl (C=O) groups is 1. The van der Waals surface area contributed by atoms with E-state index in [0.29, 0.717) is 18.2 Å². The summed E-state index contributed by atoms with van der Waals surface area (Å²) >= 11 is 0. The zero-order valence-electron chi connectivity index (χ0n) is 12.1. The average Bonchev–Trinajstić information content (AvgIpc) is 2.95. The molecule has 6 nitrogen and oxygen atoms in total. The van der Waals surface area contributed by atoms with Gasteiger partial charge in [0.25, 0.3) is 5.91 Å². The molecule has 1 aliphatic heterocycles. The smallest absolute Gasteiger partial charge is 0.270 e. The van der Waals surface area contributed by atoms with E-state index in [1.54, 1.807) is 6.07 Å². The van der Waals surface area contributed by atoms with Crippen molar-refractivity contribution in [3.05, 3.63) is 17.5 Å². The predicted octanol–water partition coefficient (Wildman–Crippen LogP) is 1.52. The van der Waals surface area contributed by atoms with Crippen molar-refractivity contribution in [2.24, 2.45) is 0 Å². The van der Waals surface area contributed by atoms with Gasteiger partial charge in [0.2, 0.25) is 5.95 Å². The fraction of sp³-hybridized carbons (Fsp3) is 0.643. The van der Waals surface area contributed by atoms with Gasteiger partial charge in [-0.25, -0.2) is 9.97 Å². The first-order valence-corrected chi connectivity index (χ1v) is 7.18. The van der Waals surface area contributed by atoms with Crippen LogP contribution in [0.3, 0.4) is 0 Å². The molecule has 110 valence electrons. The van der Waals surface area contributed by atoms with Gasteiger partial charge in [-0.15, -0.1) is 0 Å². The first-order chi connectivity index (χ1) is 9.69. The Morgan fingerprint density at radius 1 is 1.50 bits per heavy atom. The van der Waals surface area contributed by atoms with Crippen LogP contribution in [-0.4, -0.2) is 41.7 Å². The highest BCUT2D eigenvalue weighted by atomic mass is 16.5. The second kappa shape index (κ2) is 7.19. The normalized spacial score (nSPS) is 18.0. The lowest BCUT2D eigenvalue weighted by atomic mass is 10.2. The topological polar surface area (TPSA) is 76.1 Å². The third-order valence-corrected chi connectivity index (χ3v) is 3.13. The quantitative estimate of drug-likeness (QED) is 0.825. The van der Waals surface area contributed by atoms with Crippen LogP contribution in [0.2, 0.25) is 0 Å². The van der Waals surface area contributed by atoms with Gasteiger partial charge >= 0.3 is 0 Å². The molecule has 20 heavy (non-hydrogen) atoms. The van der Waals surface area contributed by atoms with Crippen molar-refractivity contribution in [1.82, 2.24) is 15.3 Å². The number of anilines is 1. The molecule has 1 unspecified atom stereocenters. The number of hydrogen-bond donors (Lipinski definition) is 2. The third kappa shape index (κ3) is 4.16. The van der Waals surface area contributed by atoms with Crippen LogP contribution in [0.1, 0.15) is 42.4 Å². The zero-order valence-corrected chi connectivity index (χ0v) is 12.1. The Kier molecular flexibility index (Phi) is 5.29. The van der Waals surface area contributed by atoms with Gasteiger partial charge < -0.3 is 15.4 Å². The minimum absolute atomic E-state index is 0.138. The van der Waals surface area contributed by atoms with Gasteiger partial charge in [0.05, 0.1) is 6.10 Å². The molecule has 1 aromatic rings. The van der Waals surface area contributed by atoms with Crippen molar-refractivity contribution >= 4 is 11.9 Å². The third-order valence-electron chi connectivity index (χ3n) is 3.13. The molecule has 0 radical (unpaired) electrons. The molecular weight excluding hydrogens is 256 g/mol. The van der Waals surface area contributed by atoms with Crippen molar-refractivity contribution in [3.8, 4) is 0 Å². The lowest BCUT2D eigenvalue weighted by molar-refractivity contribution is 0.0853. The van der Waals surface area contributed by atoms with E-state index in [1.807, 2.05) is 6.92 Å². The fourth-order valence-corrected chi connectivity index (χ4v) is 2.10. The van der Waals surface area contributed by atoms with Gasteiger partial charge in [-0.1, -0.05) is 6.92 Å². The molecule has 0 saturated carbocycles. The van der Waals surface area contributed by atoms with Gasteiger partial charge in [0.1, 0.15) is 5.69 Å². The molecule has 1 aromatic heterocycles. The Morgan fingerprint density at radius 2 is 2.35 bits per heavy atom. The van der Waals surface area contributed by atoms with Gasteiger partial charge in [-0.3, -0.25) is 4.79 Å². The summed E-state index contributed by atoms with van der Waals surface area (Å²) in [5, 5.41) is 5.97. The van der Waals surface area contributed by atoms with E-state index in [9.17, 15) is 4.79 Å². The van der Waals surface area contributed by atoms with E-state index in [2.05, 4.69) is 27.5 Å². The SMILES string of the molecule is CCCNc1nc(C)cc(C(=O)NCC2CCCO2)n1. The summed E-state index contributed by atoms with van der Waals surface area (Å²) in [4.78, 5) is 20.6. The highest BCUT2D eigenvalue weighted by molar-refractivity contribution is 5.92. The summed E-state index contributed by atoms with van der Waals surface area (Å²) in [7, 11) is 0. The van der Waals surface area contributed by atoms with Gasteiger partial charge in [-0.2, -0.15) is 0 Å². The van der Waals surface area contributed by atoms with E-state index in [4.69, 9.17) is 4.74 Å². The number of carbonyl (C=O) groups excluding carboxylic acids is 1. The van der Waals surface area contributed by atoms with E-state index >= 15 is 0 Å². The molecule has 0 aliphatic carbocycles. The summed E-state index contributed by atoms with van der Waals surface area (Å²) in [6.45, 7) is 6.05. The Morgan fingerprint density at radius 3 is 3.05 bits per heavy atom. The largest absolute Gasteiger partial charge is 0.376 e. The molecule has 2 heterocycles. The van der Waals surface area contributed by atoms with Crippen molar-refractivity contribution in [2.75, 3.05) is 25.0 Å². The molecular formula is C14H22N4O2. The minimum Gasteiger partial charge on any atom is -0.376 e. The first-order valence-electron chi connectivity index (χ1n) is 7.18. The molecule has 1 fully saturated rings. The number of ether oxygens (including phenoxy) is 1. The van der Waals surface area contributed by atoms with Crippen LogP contribution in [0.4, 0.5) is 5.95 Å². The molecule has 0 bridgehead atoms. The Bertz CT molecular complexity index is 458. The summed E-state index contributed by atoms with van der Waals surface area (Å²) in [5.74, 6) is 0.333. The molecule has 2 N–H and O–H groups in total. The maximum atomic E-state index is 12.1. The van der Waals surface area contributed by atoms with Gasteiger partial charge in [0, 0.05) is 25.4 Å². The average molecular weight is 278 g/mol. The maximum Gasteiger partial charge on any atom is 0.270 e. The summed E-state index contributed by atoms with van der Waals surface area (Å²) < 4.78 is 5.48. The summed E-state index contributed by atoms with van der Waals surface area (Å²) in [6, 6.07) is 1.70. The van der Waals surface area contributed by atoms with Crippen molar-refractivity contribution in [3.63, 3.8) is 0 Å². The van der Waals surface area contributed by atoms with E-state index in [1.165, 1.54) is 0 Å². The monoisotopic (exact) mass is 278 g/mol. The van der Waals surface area contributed by atoms with Crippen LogP contribution in [-0.2, 0) is 4.74 Å². The lowest BCUT2D eigenvalue weighted by Crippen LogP contribution is -2.32. The van der Waals surface area contributed by atoms with Gasteiger partial charge in [0.15, 0.2) is 0 Å². The van der Waals surface area contributed by atoms with Crippen LogP contribution < -0.4 is 10.6 Å². The number of nitrogens with one attached hydrogen (secondary N) is 2. The highest BCUT2D eigenvalue weighted by Crippen LogP contribution is 2.11. The predicted molar refractivity (Wildman–Crippen MR) is 76.9 cm³/mol. The summed E-state index contributed by atoms with van der Waals surface area (Å²) in [6.07, 6.45) is 3.20. The maximum absolute atomic E-state index is 12.1. The number of aromatic nitrogens is 2. The number of amides is 1. The number of nitrogens with zero attached hydrogens (tertiary/aromatic N) is 2. The molecule has 2 rings (SSSR count). The number of rotatable bonds is 6. The van der Waals surface area contributed by atoms with Crippen LogP contribution >= 0.6 is 0 Å². The lowest BCUT2D eigenvalue weighted by Gasteiger charge is -2.11. The molecule has 1 aliphatic rings. The van der Waals surface area contributed by atoms with Gasteiger partial charge in [-0.05, 0) is 32.3 Å². The highest BCUT2D eigenvalue weighted by Gasteiger charge is 2.17. The Hall–Kier alpha value is -1.69. The zero-order chi connectivity index (χ0) is 14.4. The first kappa shape index (κ1) is 14.7. The van der Waals surface area contributed by atoms with Crippen LogP contribution in [0, 0.1) is 6.92 Å². The number of aryl methyl sites for hydroxylation is 1. The van der Waals surface area contributed by atoms with Crippen molar-refractivity contribution < 1.29 is 9.53 Å². The minimum atomic E-state index is -0.175. The second-order valence-electron chi connectivity index (χ2n) is 4.99. The molecule has 1 saturated heterocycles. The second-order valence-corrected chi connectivity index (χ2v) is 4.99. The van der Waals surface area contributed by atoms with E-state index in [-0.39, 0.29) is 12.0 Å². The van der Waals surface area contributed by atoms with Crippen LogP contribution in [0.5, 0.6) is 0 Å².